The zero-order valence-corrected chi connectivity index (χ0v) is 8.50. The molecule has 6 heteroatoms. The van der Waals surface area contributed by atoms with Crippen molar-refractivity contribution in [3.8, 4) is 0 Å². The molecular weight excluding hydrogens is 285 g/mol. The summed E-state index contributed by atoms with van der Waals surface area (Å²) in [4.78, 5) is 13.9. The predicted octanol–water partition coefficient (Wildman–Crippen LogP) is 2.67. The van der Waals surface area contributed by atoms with E-state index in [-0.39, 0.29) is 5.97 Å². The molecule has 0 aromatic heterocycles. The van der Waals surface area contributed by atoms with E-state index in [4.69, 9.17) is 8.60 Å². The second kappa shape index (κ2) is 3.23. The maximum atomic E-state index is 11.2. The number of hydrogen-bond acceptors (Lipinski definition) is 3. The monoisotopic (exact) mass is 289 g/mol. The van der Waals surface area contributed by atoms with Gasteiger partial charge in [0.1, 0.15) is 0 Å². The first kappa shape index (κ1) is 8.33. The minimum absolute atomic E-state index is 0.367. The van der Waals surface area contributed by atoms with E-state index < -0.39 is 20.5 Å². The van der Waals surface area contributed by atoms with E-state index in [1.54, 1.807) is 24.3 Å². The number of azide groups is 1. The van der Waals surface area contributed by atoms with Crippen LogP contribution < -0.4 is 0 Å². The molecule has 0 fully saturated rings. The molecule has 1 aliphatic rings. The summed E-state index contributed by atoms with van der Waals surface area (Å²) in [6, 6.07) is 7.02. The van der Waals surface area contributed by atoms with Gasteiger partial charge in [-0.25, -0.2) is 0 Å². The molecule has 0 radical (unpaired) electrons. The first-order valence-corrected chi connectivity index (χ1v) is 6.32. The Balaban J connectivity index is 2.52. The quantitative estimate of drug-likeness (QED) is 0.345. The summed E-state index contributed by atoms with van der Waals surface area (Å²) in [5.74, 6) is -0.367. The fourth-order valence-corrected chi connectivity index (χ4v) is 3.77. The molecule has 1 aliphatic heterocycles. The van der Waals surface area contributed by atoms with Gasteiger partial charge in [0.25, 0.3) is 0 Å². The summed E-state index contributed by atoms with van der Waals surface area (Å²) in [5, 5.41) is 0. The zero-order valence-electron chi connectivity index (χ0n) is 6.35. The van der Waals surface area contributed by atoms with Gasteiger partial charge in [0.05, 0.1) is 0 Å². The van der Waals surface area contributed by atoms with Crippen molar-refractivity contribution in [2.45, 2.75) is 0 Å². The fourth-order valence-electron chi connectivity index (χ4n) is 1.00. The van der Waals surface area contributed by atoms with Crippen LogP contribution in [0, 0.1) is 3.57 Å². The minimum atomic E-state index is -2.35. The van der Waals surface area contributed by atoms with Crippen molar-refractivity contribution in [3.63, 3.8) is 0 Å². The molecule has 2 rings (SSSR count). The van der Waals surface area contributed by atoms with E-state index >= 15 is 0 Å². The van der Waals surface area contributed by atoms with Gasteiger partial charge in [-0.05, 0) is 0 Å². The van der Waals surface area contributed by atoms with E-state index in [0.29, 0.717) is 5.56 Å². The summed E-state index contributed by atoms with van der Waals surface area (Å²) in [6.07, 6.45) is 0. The Hall–Kier alpha value is -1.27. The Kier molecular flexibility index (Phi) is 2.07. The van der Waals surface area contributed by atoms with Crippen molar-refractivity contribution in [2.75, 3.05) is 0 Å². The standard InChI is InChI=1S/C7H4IN3O2/c9-11-10-8-6-4-2-1-3-5(6)7(12)13-8/h1-4H. The average molecular weight is 289 g/mol. The van der Waals surface area contributed by atoms with Crippen LogP contribution in [0.4, 0.5) is 0 Å². The van der Waals surface area contributed by atoms with Crippen LogP contribution in [0.15, 0.2) is 27.6 Å². The second-order valence-corrected chi connectivity index (χ2v) is 5.59. The Bertz CT molecular complexity index is 414. The van der Waals surface area contributed by atoms with Crippen LogP contribution in [-0.2, 0) is 3.07 Å². The molecule has 1 heterocycles. The molecule has 0 atom stereocenters. The van der Waals surface area contributed by atoms with Gasteiger partial charge in [-0.3, -0.25) is 0 Å². The van der Waals surface area contributed by atoms with Crippen LogP contribution in [0.5, 0.6) is 0 Å². The van der Waals surface area contributed by atoms with Gasteiger partial charge < -0.3 is 0 Å². The molecule has 1 aromatic carbocycles. The van der Waals surface area contributed by atoms with Crippen LogP contribution in [0.3, 0.4) is 0 Å². The summed E-state index contributed by atoms with van der Waals surface area (Å²) < 4.78 is 9.27. The molecule has 0 aliphatic carbocycles. The molecule has 1 aromatic rings. The number of carbonyl (C=O) groups excluding carboxylic acids is 1. The van der Waals surface area contributed by atoms with Gasteiger partial charge in [-0.2, -0.15) is 0 Å². The first-order valence-electron chi connectivity index (χ1n) is 3.40. The molecule has 0 unspecified atom stereocenters. The molecule has 0 N–H and O–H groups in total. The Morgan fingerprint density at radius 1 is 1.46 bits per heavy atom. The van der Waals surface area contributed by atoms with Gasteiger partial charge in [-0.15, -0.1) is 0 Å². The Labute approximate surface area is 81.6 Å². The van der Waals surface area contributed by atoms with Crippen LogP contribution in [0.2, 0.25) is 0 Å². The summed E-state index contributed by atoms with van der Waals surface area (Å²) in [7, 11) is 0. The van der Waals surface area contributed by atoms with E-state index in [1.165, 1.54) is 0 Å². The first-order chi connectivity index (χ1) is 6.33. The van der Waals surface area contributed by atoms with E-state index in [2.05, 4.69) is 8.24 Å². The topological polar surface area (TPSA) is 75.1 Å². The SMILES string of the molecule is [N-]=[N+]=NI1OC(=O)c2ccccc21. The van der Waals surface area contributed by atoms with Crippen molar-refractivity contribution in [2.24, 2.45) is 3.33 Å². The number of halogens is 1. The molecule has 66 valence electrons. The molecule has 0 saturated carbocycles. The molecular formula is C7H4IN3O2. The molecule has 13 heavy (non-hydrogen) atoms. The third-order valence-electron chi connectivity index (χ3n) is 1.51. The predicted molar refractivity (Wildman–Crippen MR) is 53.7 cm³/mol. The van der Waals surface area contributed by atoms with Crippen LogP contribution >= 0.6 is 20.5 Å². The van der Waals surface area contributed by atoms with Gasteiger partial charge in [0.15, 0.2) is 0 Å². The van der Waals surface area contributed by atoms with Crippen LogP contribution in [0.1, 0.15) is 10.4 Å². The Morgan fingerprint density at radius 3 is 3.00 bits per heavy atom. The number of hydrogen-bond donors (Lipinski definition) is 0. The van der Waals surface area contributed by atoms with Crippen molar-refractivity contribution in [1.82, 2.24) is 0 Å². The summed E-state index contributed by atoms with van der Waals surface area (Å²) >= 11 is -2.35. The van der Waals surface area contributed by atoms with E-state index in [0.717, 1.165) is 3.57 Å². The van der Waals surface area contributed by atoms with Gasteiger partial charge in [0.2, 0.25) is 0 Å². The van der Waals surface area contributed by atoms with Crippen LogP contribution in [-0.4, -0.2) is 5.97 Å². The van der Waals surface area contributed by atoms with E-state index in [1.807, 2.05) is 0 Å². The Morgan fingerprint density at radius 2 is 2.23 bits per heavy atom. The van der Waals surface area contributed by atoms with Crippen molar-refractivity contribution < 1.29 is 7.86 Å². The third kappa shape index (κ3) is 1.34. The number of rotatable bonds is 1. The van der Waals surface area contributed by atoms with Crippen molar-refractivity contribution in [3.05, 3.63) is 43.8 Å². The third-order valence-corrected chi connectivity index (χ3v) is 4.85. The van der Waals surface area contributed by atoms with Crippen molar-refractivity contribution >= 4 is 26.5 Å². The van der Waals surface area contributed by atoms with Crippen LogP contribution in [0.25, 0.3) is 10.4 Å². The summed E-state index contributed by atoms with van der Waals surface area (Å²) in [6.45, 7) is 0. The van der Waals surface area contributed by atoms with Gasteiger partial charge in [0, 0.05) is 0 Å². The fraction of sp³-hybridized carbons (Fsp3) is 0. The van der Waals surface area contributed by atoms with E-state index in [9.17, 15) is 4.79 Å². The number of nitrogens with zero attached hydrogens (tertiary/aromatic N) is 3. The average Bonchev–Trinajstić information content (AvgIpc) is 2.46. The molecule has 0 amide bonds. The second-order valence-electron chi connectivity index (χ2n) is 2.24. The van der Waals surface area contributed by atoms with Gasteiger partial charge >= 0.3 is 81.5 Å². The zero-order chi connectivity index (χ0) is 9.26. The maximum absolute atomic E-state index is 11.2. The summed E-state index contributed by atoms with van der Waals surface area (Å²) in [5.41, 5.74) is 8.79. The molecule has 5 nitrogen and oxygen atoms in total. The van der Waals surface area contributed by atoms with Gasteiger partial charge in [-0.1, -0.05) is 0 Å². The molecule has 0 bridgehead atoms. The molecule has 0 spiro atoms. The molecule has 0 saturated heterocycles. The number of fused-ring (bicyclic) bond motifs is 1. The number of carbonyl (C=O) groups is 1. The normalized spacial score (nSPS) is 16.0. The number of benzene rings is 1. The van der Waals surface area contributed by atoms with Crippen molar-refractivity contribution in [1.29, 1.82) is 0 Å².